The van der Waals surface area contributed by atoms with Gasteiger partial charge in [0, 0.05) is 35.6 Å². The Kier molecular flexibility index (Phi) is 6.47. The molecule has 0 atom stereocenters. The Balaban J connectivity index is 2.39. The van der Waals surface area contributed by atoms with Gasteiger partial charge in [-0.3, -0.25) is 4.79 Å². The quantitative estimate of drug-likeness (QED) is 0.744. The van der Waals surface area contributed by atoms with Crippen LogP contribution >= 0.6 is 0 Å². The second-order valence-corrected chi connectivity index (χ2v) is 7.03. The number of unbranched alkanes of at least 4 members (excludes halogenated alkanes) is 1. The van der Waals surface area contributed by atoms with Gasteiger partial charge in [-0.1, -0.05) is 31.9 Å². The summed E-state index contributed by atoms with van der Waals surface area (Å²) >= 11 is 0. The van der Waals surface area contributed by atoms with Crippen LogP contribution in [-0.4, -0.2) is 16.5 Å². The van der Waals surface area contributed by atoms with Crippen molar-refractivity contribution in [2.75, 3.05) is 0 Å². The number of aryl methyl sites for hydroxylation is 3. The third-order valence-corrected chi connectivity index (χ3v) is 4.57. The van der Waals surface area contributed by atoms with Gasteiger partial charge in [0.05, 0.1) is 0 Å². The molecule has 2 aromatic rings. The average Bonchev–Trinajstić information content (AvgIpc) is 2.82. The van der Waals surface area contributed by atoms with E-state index < -0.39 is 0 Å². The van der Waals surface area contributed by atoms with Crippen molar-refractivity contribution in [3.05, 3.63) is 35.0 Å². The van der Waals surface area contributed by atoms with Crippen LogP contribution in [0.25, 0.3) is 10.9 Å². The van der Waals surface area contributed by atoms with Gasteiger partial charge in [-0.25, -0.2) is 0 Å². The van der Waals surface area contributed by atoms with Gasteiger partial charge in [0.25, 0.3) is 0 Å². The van der Waals surface area contributed by atoms with Gasteiger partial charge < -0.3 is 9.88 Å². The lowest BCUT2D eigenvalue weighted by Gasteiger charge is -2.13. The number of benzene rings is 1. The minimum atomic E-state index is 0.137. The highest BCUT2D eigenvalue weighted by Crippen LogP contribution is 2.29. The molecule has 1 heterocycles. The summed E-state index contributed by atoms with van der Waals surface area (Å²) in [5.74, 6) is 0.137. The first-order chi connectivity index (χ1) is 11.5. The summed E-state index contributed by atoms with van der Waals surface area (Å²) in [5, 5.41) is 4.37. The molecule has 0 spiro atoms. The second-order valence-electron chi connectivity index (χ2n) is 7.03. The molecular weight excluding hydrogens is 296 g/mol. The number of rotatable bonds is 8. The number of fused-ring (bicyclic) bond motifs is 1. The van der Waals surface area contributed by atoms with Gasteiger partial charge in [0.1, 0.15) is 0 Å². The predicted octanol–water partition coefficient (Wildman–Crippen LogP) is 4.77. The molecule has 0 bridgehead atoms. The minimum absolute atomic E-state index is 0.137. The van der Waals surface area contributed by atoms with Gasteiger partial charge in [0.15, 0.2) is 0 Å². The number of hydrogen-bond acceptors (Lipinski definition) is 1. The highest BCUT2D eigenvalue weighted by atomic mass is 16.1. The monoisotopic (exact) mass is 328 g/mol. The summed E-state index contributed by atoms with van der Waals surface area (Å²) in [6.45, 7) is 11.4. The molecule has 0 unspecified atom stereocenters. The number of carbonyl (C=O) groups is 1. The van der Waals surface area contributed by atoms with Crippen LogP contribution in [0.3, 0.4) is 0 Å². The molecule has 1 amide bonds. The molecule has 1 N–H and O–H groups in total. The van der Waals surface area contributed by atoms with Crippen molar-refractivity contribution < 1.29 is 4.79 Å². The van der Waals surface area contributed by atoms with Gasteiger partial charge in [0.2, 0.25) is 5.91 Å². The number of aromatic nitrogens is 1. The van der Waals surface area contributed by atoms with Gasteiger partial charge in [-0.2, -0.15) is 0 Å². The molecule has 0 aliphatic heterocycles. The van der Waals surface area contributed by atoms with Crippen molar-refractivity contribution >= 4 is 16.8 Å². The molecule has 132 valence electrons. The van der Waals surface area contributed by atoms with E-state index in [0.717, 1.165) is 19.4 Å². The van der Waals surface area contributed by atoms with Crippen molar-refractivity contribution in [1.82, 2.24) is 9.88 Å². The first-order valence-electron chi connectivity index (χ1n) is 9.37. The molecule has 0 aliphatic rings. The Morgan fingerprint density at radius 2 is 2.00 bits per heavy atom. The summed E-state index contributed by atoms with van der Waals surface area (Å²) in [6, 6.07) is 6.90. The number of nitrogens with one attached hydrogen (secondary N) is 1. The van der Waals surface area contributed by atoms with Crippen LogP contribution in [-0.2, 0) is 24.2 Å². The first kappa shape index (κ1) is 18.6. The molecule has 0 saturated heterocycles. The molecule has 0 aliphatic carbocycles. The van der Waals surface area contributed by atoms with E-state index in [9.17, 15) is 4.79 Å². The minimum Gasteiger partial charge on any atom is -0.354 e. The zero-order valence-electron chi connectivity index (χ0n) is 15.9. The first-order valence-corrected chi connectivity index (χ1v) is 9.37. The molecule has 0 fully saturated rings. The van der Waals surface area contributed by atoms with Crippen molar-refractivity contribution in [3.63, 3.8) is 0 Å². The van der Waals surface area contributed by atoms with E-state index >= 15 is 0 Å². The number of hydrogen-bond donors (Lipinski definition) is 1. The van der Waals surface area contributed by atoms with E-state index in [1.807, 2.05) is 13.8 Å². The summed E-state index contributed by atoms with van der Waals surface area (Å²) in [7, 11) is 0. The van der Waals surface area contributed by atoms with E-state index in [1.54, 1.807) is 0 Å². The number of nitrogens with zero attached hydrogens (tertiary/aromatic N) is 1. The maximum absolute atomic E-state index is 12.1. The Morgan fingerprint density at radius 1 is 1.25 bits per heavy atom. The van der Waals surface area contributed by atoms with Crippen molar-refractivity contribution in [2.45, 2.75) is 79.3 Å². The predicted molar refractivity (Wildman–Crippen MR) is 103 cm³/mol. The Labute approximate surface area is 146 Å². The largest absolute Gasteiger partial charge is 0.354 e. The zero-order valence-corrected chi connectivity index (χ0v) is 15.9. The molecule has 2 rings (SSSR count). The van der Waals surface area contributed by atoms with Crippen molar-refractivity contribution in [3.8, 4) is 0 Å². The van der Waals surface area contributed by atoms with Gasteiger partial charge in [-0.15, -0.1) is 0 Å². The lowest BCUT2D eigenvalue weighted by atomic mass is 10.0. The van der Waals surface area contributed by atoms with Crippen LogP contribution in [0, 0.1) is 6.92 Å². The Morgan fingerprint density at radius 3 is 2.62 bits per heavy atom. The SMILES string of the molecule is CCCCc1c(CC)c2cc(C)ccc2n1CCC(=O)NC(C)C. The van der Waals surface area contributed by atoms with Crippen LogP contribution in [0.1, 0.15) is 63.8 Å². The van der Waals surface area contributed by atoms with E-state index in [4.69, 9.17) is 0 Å². The summed E-state index contributed by atoms with van der Waals surface area (Å²) in [4.78, 5) is 12.1. The standard InChI is InChI=1S/C21H32N2O/c1-6-8-9-19-17(7-2)18-14-16(5)10-11-20(18)23(19)13-12-21(24)22-15(3)4/h10-11,14-15H,6-9,12-13H2,1-5H3,(H,22,24). The van der Waals surface area contributed by atoms with Crippen LogP contribution < -0.4 is 5.32 Å². The fourth-order valence-corrected chi connectivity index (χ4v) is 3.48. The third kappa shape index (κ3) is 4.19. The van der Waals surface area contributed by atoms with Gasteiger partial charge in [-0.05, 0) is 57.7 Å². The second kappa shape index (κ2) is 8.36. The van der Waals surface area contributed by atoms with E-state index in [-0.39, 0.29) is 11.9 Å². The lowest BCUT2D eigenvalue weighted by molar-refractivity contribution is -0.121. The summed E-state index contributed by atoms with van der Waals surface area (Å²) in [5.41, 5.74) is 5.47. The third-order valence-electron chi connectivity index (χ3n) is 4.57. The van der Waals surface area contributed by atoms with Crippen LogP contribution in [0.4, 0.5) is 0 Å². The smallest absolute Gasteiger partial charge is 0.221 e. The van der Waals surface area contributed by atoms with Gasteiger partial charge >= 0.3 is 0 Å². The molecule has 0 radical (unpaired) electrons. The topological polar surface area (TPSA) is 34.0 Å². The fourth-order valence-electron chi connectivity index (χ4n) is 3.48. The molecule has 3 heteroatoms. The molecule has 1 aromatic carbocycles. The average molecular weight is 328 g/mol. The van der Waals surface area contributed by atoms with Crippen LogP contribution in [0.2, 0.25) is 0 Å². The van der Waals surface area contributed by atoms with Crippen molar-refractivity contribution in [1.29, 1.82) is 0 Å². The van der Waals surface area contributed by atoms with Crippen molar-refractivity contribution in [2.24, 2.45) is 0 Å². The molecule has 24 heavy (non-hydrogen) atoms. The fraction of sp³-hybridized carbons (Fsp3) is 0.571. The van der Waals surface area contributed by atoms with E-state index in [1.165, 1.54) is 40.6 Å². The highest BCUT2D eigenvalue weighted by Gasteiger charge is 2.16. The molecule has 3 nitrogen and oxygen atoms in total. The maximum Gasteiger partial charge on any atom is 0.221 e. The lowest BCUT2D eigenvalue weighted by Crippen LogP contribution is -2.30. The normalized spacial score (nSPS) is 11.4. The van der Waals surface area contributed by atoms with E-state index in [0.29, 0.717) is 6.42 Å². The molecule has 0 saturated carbocycles. The maximum atomic E-state index is 12.1. The highest BCUT2D eigenvalue weighted by molar-refractivity contribution is 5.86. The van der Waals surface area contributed by atoms with Crippen LogP contribution in [0.15, 0.2) is 18.2 Å². The molecular formula is C21H32N2O. The zero-order chi connectivity index (χ0) is 17.7. The summed E-state index contributed by atoms with van der Waals surface area (Å²) < 4.78 is 2.39. The Bertz CT molecular complexity index is 697. The molecule has 1 aromatic heterocycles. The Hall–Kier alpha value is -1.77. The number of carbonyl (C=O) groups excluding carboxylic acids is 1. The van der Waals surface area contributed by atoms with E-state index in [2.05, 4.69) is 48.9 Å². The van der Waals surface area contributed by atoms with Crippen LogP contribution in [0.5, 0.6) is 0 Å². The number of amides is 1. The summed E-state index contributed by atoms with van der Waals surface area (Å²) in [6.07, 6.45) is 5.07.